The Kier molecular flexibility index (Phi) is 6.52. The first-order valence-corrected chi connectivity index (χ1v) is 13.1. The van der Waals surface area contributed by atoms with Gasteiger partial charge in [-0.25, -0.2) is 16.8 Å². The average molecular weight is 451 g/mol. The molecular formula is C21H26N2O5S2. The van der Waals surface area contributed by atoms with Crippen LogP contribution in [0.15, 0.2) is 59.5 Å². The van der Waals surface area contributed by atoms with Crippen molar-refractivity contribution in [3.8, 4) is 0 Å². The average Bonchev–Trinajstić information content (AvgIpc) is 3.10. The fourth-order valence-electron chi connectivity index (χ4n) is 3.66. The third-order valence-corrected chi connectivity index (χ3v) is 8.84. The van der Waals surface area contributed by atoms with E-state index >= 15 is 0 Å². The number of benzene rings is 2. The van der Waals surface area contributed by atoms with E-state index in [4.69, 9.17) is 0 Å². The molecule has 162 valence electrons. The molecule has 1 heterocycles. The Bertz CT molecular complexity index is 1120. The number of sulfone groups is 1. The molecule has 0 aromatic heterocycles. The van der Waals surface area contributed by atoms with Crippen molar-refractivity contribution in [2.24, 2.45) is 0 Å². The number of carbonyl (C=O) groups is 1. The molecule has 30 heavy (non-hydrogen) atoms. The van der Waals surface area contributed by atoms with Gasteiger partial charge in [0, 0.05) is 19.6 Å². The summed E-state index contributed by atoms with van der Waals surface area (Å²) in [6.45, 7) is 2.26. The lowest BCUT2D eigenvalue weighted by Crippen LogP contribution is -2.42. The normalized spacial score (nSPS) is 18.1. The molecule has 0 bridgehead atoms. The zero-order valence-electron chi connectivity index (χ0n) is 17.1. The zero-order chi connectivity index (χ0) is 21.9. The van der Waals surface area contributed by atoms with Crippen LogP contribution in [0.2, 0.25) is 0 Å². The maximum atomic E-state index is 13.4. The highest BCUT2D eigenvalue weighted by Crippen LogP contribution is 2.27. The smallest absolute Gasteiger partial charge is 0.264 e. The minimum absolute atomic E-state index is 0.0435. The highest BCUT2D eigenvalue weighted by Gasteiger charge is 2.36. The molecule has 3 rings (SSSR count). The van der Waals surface area contributed by atoms with Crippen LogP contribution in [0.25, 0.3) is 0 Å². The molecule has 1 saturated heterocycles. The van der Waals surface area contributed by atoms with Crippen molar-refractivity contribution in [1.29, 1.82) is 0 Å². The fraction of sp³-hybridized carbons (Fsp3) is 0.381. The first-order valence-electron chi connectivity index (χ1n) is 9.82. The highest BCUT2D eigenvalue weighted by molar-refractivity contribution is 7.93. The van der Waals surface area contributed by atoms with E-state index in [0.29, 0.717) is 25.1 Å². The lowest BCUT2D eigenvalue weighted by atomic mass is 10.1. The van der Waals surface area contributed by atoms with Crippen molar-refractivity contribution < 1.29 is 21.6 Å². The standard InChI is InChI=1S/C21H26N2O5S2/c1-3-14-23(18-13-15-29(25,26)16-18)21(24)19-11-7-8-12-20(19)30(27,28)22(2)17-9-5-4-6-10-17/h4-12,18H,3,13-16H2,1-2H3. The minimum atomic E-state index is -3.99. The van der Waals surface area contributed by atoms with Gasteiger partial charge in [0.25, 0.3) is 15.9 Å². The van der Waals surface area contributed by atoms with Crippen LogP contribution in [-0.2, 0) is 19.9 Å². The summed E-state index contributed by atoms with van der Waals surface area (Å²) in [5.74, 6) is -0.501. The van der Waals surface area contributed by atoms with E-state index in [2.05, 4.69) is 0 Å². The van der Waals surface area contributed by atoms with Crippen molar-refractivity contribution in [2.45, 2.75) is 30.7 Å². The minimum Gasteiger partial charge on any atom is -0.335 e. The Morgan fingerprint density at radius 2 is 1.70 bits per heavy atom. The predicted molar refractivity (Wildman–Crippen MR) is 117 cm³/mol. The number of sulfonamides is 1. The number of hydrogen-bond donors (Lipinski definition) is 0. The summed E-state index contributed by atoms with van der Waals surface area (Å²) in [5.41, 5.74) is 0.532. The number of amides is 1. The molecule has 1 unspecified atom stereocenters. The molecule has 1 aliphatic rings. The summed E-state index contributed by atoms with van der Waals surface area (Å²) >= 11 is 0. The highest BCUT2D eigenvalue weighted by atomic mass is 32.2. The Morgan fingerprint density at radius 3 is 2.30 bits per heavy atom. The Hall–Kier alpha value is -2.39. The maximum Gasteiger partial charge on any atom is 0.264 e. The van der Waals surface area contributed by atoms with Crippen molar-refractivity contribution in [3.05, 3.63) is 60.2 Å². The van der Waals surface area contributed by atoms with E-state index < -0.39 is 31.8 Å². The number of nitrogens with zero attached hydrogens (tertiary/aromatic N) is 2. The van der Waals surface area contributed by atoms with Crippen LogP contribution in [0.3, 0.4) is 0 Å². The lowest BCUT2D eigenvalue weighted by molar-refractivity contribution is 0.0693. The second-order valence-electron chi connectivity index (χ2n) is 7.36. The monoisotopic (exact) mass is 450 g/mol. The Labute approximate surface area is 178 Å². The maximum absolute atomic E-state index is 13.4. The molecule has 9 heteroatoms. The summed E-state index contributed by atoms with van der Waals surface area (Å²) in [6, 6.07) is 14.3. The molecule has 0 saturated carbocycles. The van der Waals surface area contributed by atoms with E-state index in [1.165, 1.54) is 24.1 Å². The molecule has 0 radical (unpaired) electrons. The Morgan fingerprint density at radius 1 is 1.07 bits per heavy atom. The summed E-state index contributed by atoms with van der Waals surface area (Å²) in [5, 5.41) is 0. The molecule has 2 aromatic rings. The van der Waals surface area contributed by atoms with E-state index in [1.54, 1.807) is 42.5 Å². The molecule has 1 fully saturated rings. The molecule has 0 spiro atoms. The van der Waals surface area contributed by atoms with Crippen molar-refractivity contribution in [1.82, 2.24) is 4.90 Å². The molecule has 0 N–H and O–H groups in total. The van der Waals surface area contributed by atoms with Crippen molar-refractivity contribution in [3.63, 3.8) is 0 Å². The van der Waals surface area contributed by atoms with Gasteiger partial charge in [0.05, 0.1) is 22.8 Å². The molecule has 0 aliphatic carbocycles. The van der Waals surface area contributed by atoms with Crippen molar-refractivity contribution in [2.75, 3.05) is 29.4 Å². The number of para-hydroxylation sites is 1. The van der Waals surface area contributed by atoms with Gasteiger partial charge in [-0.05, 0) is 37.1 Å². The van der Waals surface area contributed by atoms with Gasteiger partial charge in [-0.1, -0.05) is 37.3 Å². The summed E-state index contributed by atoms with van der Waals surface area (Å²) in [4.78, 5) is 14.8. The van der Waals surface area contributed by atoms with Crippen LogP contribution in [0, 0.1) is 0 Å². The van der Waals surface area contributed by atoms with Gasteiger partial charge in [0.2, 0.25) is 0 Å². The van der Waals surface area contributed by atoms with Gasteiger partial charge < -0.3 is 4.90 Å². The molecule has 7 nitrogen and oxygen atoms in total. The zero-order valence-corrected chi connectivity index (χ0v) is 18.7. The van der Waals surface area contributed by atoms with Crippen LogP contribution in [0.1, 0.15) is 30.1 Å². The van der Waals surface area contributed by atoms with Crippen molar-refractivity contribution >= 4 is 31.5 Å². The van der Waals surface area contributed by atoms with Gasteiger partial charge >= 0.3 is 0 Å². The first-order chi connectivity index (χ1) is 14.2. The van der Waals surface area contributed by atoms with Gasteiger partial charge in [0.15, 0.2) is 9.84 Å². The van der Waals surface area contributed by atoms with E-state index in [0.717, 1.165) is 4.31 Å². The first kappa shape index (κ1) is 22.3. The number of carbonyl (C=O) groups excluding carboxylic acids is 1. The summed E-state index contributed by atoms with van der Waals surface area (Å²) in [7, 11) is -5.73. The molecular weight excluding hydrogens is 424 g/mol. The Balaban J connectivity index is 2.00. The second-order valence-corrected chi connectivity index (χ2v) is 11.5. The largest absolute Gasteiger partial charge is 0.335 e. The van der Waals surface area contributed by atoms with Gasteiger partial charge in [-0.2, -0.15) is 0 Å². The van der Waals surface area contributed by atoms with E-state index in [9.17, 15) is 21.6 Å². The number of anilines is 1. The van der Waals surface area contributed by atoms with Crippen LogP contribution in [0.4, 0.5) is 5.69 Å². The summed E-state index contributed by atoms with van der Waals surface area (Å²) in [6.07, 6.45) is 1.01. The predicted octanol–water partition coefficient (Wildman–Crippen LogP) is 2.55. The van der Waals surface area contributed by atoms with Crippen LogP contribution >= 0.6 is 0 Å². The molecule has 2 aromatic carbocycles. The lowest BCUT2D eigenvalue weighted by Gasteiger charge is -2.29. The SMILES string of the molecule is CCCN(C(=O)c1ccccc1S(=O)(=O)N(C)c1ccccc1)C1CCS(=O)(=O)C1. The van der Waals surface area contributed by atoms with Crippen LogP contribution in [-0.4, -0.2) is 58.8 Å². The summed E-state index contributed by atoms with van der Waals surface area (Å²) < 4.78 is 51.7. The van der Waals surface area contributed by atoms with E-state index in [1.807, 2.05) is 6.92 Å². The number of hydrogen-bond acceptors (Lipinski definition) is 5. The van der Waals surface area contributed by atoms with Gasteiger partial charge in [-0.3, -0.25) is 9.10 Å². The van der Waals surface area contributed by atoms with E-state index in [-0.39, 0.29) is 22.0 Å². The molecule has 1 atom stereocenters. The fourth-order valence-corrected chi connectivity index (χ4v) is 6.77. The topological polar surface area (TPSA) is 91.8 Å². The van der Waals surface area contributed by atoms with Crippen LogP contribution < -0.4 is 4.31 Å². The third kappa shape index (κ3) is 4.52. The molecule has 1 aliphatic heterocycles. The third-order valence-electron chi connectivity index (χ3n) is 5.25. The second kappa shape index (κ2) is 8.77. The van der Waals surface area contributed by atoms with Gasteiger partial charge in [0.1, 0.15) is 4.90 Å². The van der Waals surface area contributed by atoms with Gasteiger partial charge in [-0.15, -0.1) is 0 Å². The number of rotatable bonds is 7. The quantitative estimate of drug-likeness (QED) is 0.646. The van der Waals surface area contributed by atoms with Crippen LogP contribution in [0.5, 0.6) is 0 Å². The molecule has 1 amide bonds.